The number of rotatable bonds is 2. The second-order valence-corrected chi connectivity index (χ2v) is 6.40. The van der Waals surface area contributed by atoms with E-state index in [-0.39, 0.29) is 6.09 Å². The molecule has 2 aliphatic rings. The Morgan fingerprint density at radius 2 is 1.88 bits per heavy atom. The topological polar surface area (TPSA) is 50.4 Å². The third-order valence-corrected chi connectivity index (χ3v) is 3.69. The summed E-state index contributed by atoms with van der Waals surface area (Å²) in [4.78, 5) is 11.5. The normalized spacial score (nSPS) is 29.1. The van der Waals surface area contributed by atoms with Crippen LogP contribution in [0.15, 0.2) is 0 Å². The quantitative estimate of drug-likeness (QED) is 0.773. The van der Waals surface area contributed by atoms with Crippen molar-refractivity contribution >= 4 is 6.09 Å². The summed E-state index contributed by atoms with van der Waals surface area (Å²) >= 11 is 0. The van der Waals surface area contributed by atoms with Gasteiger partial charge in [0.15, 0.2) is 0 Å². The van der Waals surface area contributed by atoms with Gasteiger partial charge in [-0.25, -0.2) is 4.79 Å². The van der Waals surface area contributed by atoms with Gasteiger partial charge in [0.2, 0.25) is 0 Å². The molecule has 2 atom stereocenters. The summed E-state index contributed by atoms with van der Waals surface area (Å²) in [6, 6.07) is 0. The van der Waals surface area contributed by atoms with Gasteiger partial charge in [-0.2, -0.15) is 0 Å². The standard InChI is InChI=1S/C13H24N2O2/c1-13(2,3)17-12(16)15-6-9-4-10-7-14-8-11(10)5-9/h9-11,14H,4-8H2,1-3H3,(H,15,16)/t10-,11-/m1/s1. The number of hydrogen-bond donors (Lipinski definition) is 2. The largest absolute Gasteiger partial charge is 0.444 e. The van der Waals surface area contributed by atoms with Crippen LogP contribution in [0.5, 0.6) is 0 Å². The van der Waals surface area contributed by atoms with Crippen molar-refractivity contribution in [3.63, 3.8) is 0 Å². The summed E-state index contributed by atoms with van der Waals surface area (Å²) in [5, 5.41) is 6.32. The summed E-state index contributed by atoms with van der Waals surface area (Å²) in [6.45, 7) is 8.75. The monoisotopic (exact) mass is 240 g/mol. The van der Waals surface area contributed by atoms with E-state index < -0.39 is 5.60 Å². The second kappa shape index (κ2) is 4.84. The molecule has 1 amide bonds. The number of alkyl carbamates (subject to hydrolysis) is 1. The molecule has 2 N–H and O–H groups in total. The number of carbonyl (C=O) groups excluding carboxylic acids is 1. The lowest BCUT2D eigenvalue weighted by molar-refractivity contribution is 0.0519. The van der Waals surface area contributed by atoms with Gasteiger partial charge in [0.05, 0.1) is 0 Å². The van der Waals surface area contributed by atoms with E-state index in [4.69, 9.17) is 4.74 Å². The average molecular weight is 240 g/mol. The van der Waals surface area contributed by atoms with Crippen LogP contribution in [0.3, 0.4) is 0 Å². The van der Waals surface area contributed by atoms with Crippen LogP contribution in [0.2, 0.25) is 0 Å². The van der Waals surface area contributed by atoms with Crippen LogP contribution in [0.4, 0.5) is 4.79 Å². The number of hydrogen-bond acceptors (Lipinski definition) is 3. The second-order valence-electron chi connectivity index (χ2n) is 6.40. The molecule has 17 heavy (non-hydrogen) atoms. The lowest BCUT2D eigenvalue weighted by Crippen LogP contribution is -2.35. The molecule has 0 aromatic heterocycles. The maximum Gasteiger partial charge on any atom is 0.407 e. The Labute approximate surface area is 103 Å². The molecule has 0 radical (unpaired) electrons. The van der Waals surface area contributed by atoms with E-state index in [0.29, 0.717) is 5.92 Å². The SMILES string of the molecule is CC(C)(C)OC(=O)NCC1C[C@@H]2CNC[C@H]2C1. The maximum atomic E-state index is 11.5. The van der Waals surface area contributed by atoms with E-state index in [9.17, 15) is 4.79 Å². The third kappa shape index (κ3) is 3.60. The molecule has 0 aromatic rings. The van der Waals surface area contributed by atoms with Gasteiger partial charge in [0.1, 0.15) is 5.60 Å². The van der Waals surface area contributed by atoms with Gasteiger partial charge in [0, 0.05) is 6.54 Å². The third-order valence-electron chi connectivity index (χ3n) is 3.69. The predicted octanol–water partition coefficient (Wildman–Crippen LogP) is 1.76. The van der Waals surface area contributed by atoms with Crippen LogP contribution >= 0.6 is 0 Å². The molecule has 98 valence electrons. The molecular formula is C13H24N2O2. The molecule has 0 spiro atoms. The van der Waals surface area contributed by atoms with Gasteiger partial charge < -0.3 is 15.4 Å². The van der Waals surface area contributed by atoms with Crippen LogP contribution in [0.25, 0.3) is 0 Å². The summed E-state index contributed by atoms with van der Waals surface area (Å²) in [6.07, 6.45) is 2.20. The summed E-state index contributed by atoms with van der Waals surface area (Å²) in [7, 11) is 0. The van der Waals surface area contributed by atoms with Crippen molar-refractivity contribution in [2.75, 3.05) is 19.6 Å². The Kier molecular flexibility index (Phi) is 3.61. The summed E-state index contributed by atoms with van der Waals surface area (Å²) in [5.74, 6) is 2.31. The van der Waals surface area contributed by atoms with Crippen LogP contribution in [0.1, 0.15) is 33.6 Å². The molecule has 1 aliphatic carbocycles. The van der Waals surface area contributed by atoms with Crippen molar-refractivity contribution in [3.05, 3.63) is 0 Å². The Morgan fingerprint density at radius 1 is 1.29 bits per heavy atom. The molecule has 4 nitrogen and oxygen atoms in total. The van der Waals surface area contributed by atoms with Crippen molar-refractivity contribution < 1.29 is 9.53 Å². The van der Waals surface area contributed by atoms with Crippen molar-refractivity contribution in [3.8, 4) is 0 Å². The fourth-order valence-corrected chi connectivity index (χ4v) is 3.00. The zero-order valence-corrected chi connectivity index (χ0v) is 11.1. The molecule has 2 fully saturated rings. The Bertz CT molecular complexity index is 274. The fourth-order valence-electron chi connectivity index (χ4n) is 3.00. The first kappa shape index (κ1) is 12.7. The lowest BCUT2D eigenvalue weighted by Gasteiger charge is -2.20. The van der Waals surface area contributed by atoms with Crippen molar-refractivity contribution in [1.29, 1.82) is 0 Å². The molecule has 1 saturated heterocycles. The van der Waals surface area contributed by atoms with Gasteiger partial charge in [0.25, 0.3) is 0 Å². The number of fused-ring (bicyclic) bond motifs is 1. The molecule has 0 bridgehead atoms. The van der Waals surface area contributed by atoms with E-state index in [1.807, 2.05) is 20.8 Å². The number of amides is 1. The Morgan fingerprint density at radius 3 is 2.41 bits per heavy atom. The van der Waals surface area contributed by atoms with E-state index in [1.54, 1.807) is 0 Å². The lowest BCUT2D eigenvalue weighted by atomic mass is 10.0. The highest BCUT2D eigenvalue weighted by atomic mass is 16.6. The van der Waals surface area contributed by atoms with E-state index in [2.05, 4.69) is 10.6 Å². The first-order valence-electron chi connectivity index (χ1n) is 6.61. The van der Waals surface area contributed by atoms with Crippen LogP contribution in [0, 0.1) is 17.8 Å². The average Bonchev–Trinajstić information content (AvgIpc) is 2.70. The van der Waals surface area contributed by atoms with E-state index >= 15 is 0 Å². The highest BCUT2D eigenvalue weighted by Gasteiger charge is 2.37. The first-order valence-corrected chi connectivity index (χ1v) is 6.61. The van der Waals surface area contributed by atoms with Crippen molar-refractivity contribution in [2.45, 2.75) is 39.2 Å². The van der Waals surface area contributed by atoms with Crippen molar-refractivity contribution in [2.24, 2.45) is 17.8 Å². The van der Waals surface area contributed by atoms with Gasteiger partial charge >= 0.3 is 6.09 Å². The smallest absolute Gasteiger partial charge is 0.407 e. The van der Waals surface area contributed by atoms with Crippen molar-refractivity contribution in [1.82, 2.24) is 10.6 Å². The number of ether oxygens (including phenoxy) is 1. The maximum absolute atomic E-state index is 11.5. The molecular weight excluding hydrogens is 216 g/mol. The van der Waals surface area contributed by atoms with E-state index in [0.717, 1.165) is 31.5 Å². The molecule has 4 heteroatoms. The molecule has 0 unspecified atom stereocenters. The number of carbonyl (C=O) groups is 1. The van der Waals surface area contributed by atoms with Gasteiger partial charge in [-0.15, -0.1) is 0 Å². The Hall–Kier alpha value is -0.770. The summed E-state index contributed by atoms with van der Waals surface area (Å²) in [5.41, 5.74) is -0.403. The minimum absolute atomic E-state index is 0.285. The van der Waals surface area contributed by atoms with E-state index in [1.165, 1.54) is 12.8 Å². The van der Waals surface area contributed by atoms with Crippen LogP contribution in [-0.2, 0) is 4.74 Å². The van der Waals surface area contributed by atoms with Gasteiger partial charge in [-0.1, -0.05) is 0 Å². The number of nitrogens with one attached hydrogen (secondary N) is 2. The zero-order chi connectivity index (χ0) is 12.5. The first-order chi connectivity index (χ1) is 7.94. The summed E-state index contributed by atoms with van der Waals surface area (Å²) < 4.78 is 5.23. The molecule has 1 saturated carbocycles. The van der Waals surface area contributed by atoms with Gasteiger partial charge in [-0.3, -0.25) is 0 Å². The molecule has 1 heterocycles. The molecule has 1 aliphatic heterocycles. The zero-order valence-electron chi connectivity index (χ0n) is 11.1. The van der Waals surface area contributed by atoms with Crippen LogP contribution < -0.4 is 10.6 Å². The Balaban J connectivity index is 1.68. The molecule has 2 rings (SSSR count). The highest BCUT2D eigenvalue weighted by molar-refractivity contribution is 5.67. The predicted molar refractivity (Wildman–Crippen MR) is 66.8 cm³/mol. The van der Waals surface area contributed by atoms with Crippen LogP contribution in [-0.4, -0.2) is 31.3 Å². The fraction of sp³-hybridized carbons (Fsp3) is 0.923. The van der Waals surface area contributed by atoms with Gasteiger partial charge in [-0.05, 0) is 64.5 Å². The molecule has 0 aromatic carbocycles. The minimum atomic E-state index is -0.403. The highest BCUT2D eigenvalue weighted by Crippen LogP contribution is 2.38. The minimum Gasteiger partial charge on any atom is -0.444 e.